The van der Waals surface area contributed by atoms with Crippen molar-refractivity contribution in [3.05, 3.63) is 95.6 Å². The van der Waals surface area contributed by atoms with Crippen molar-refractivity contribution < 1.29 is 17.9 Å². The third-order valence-electron chi connectivity index (χ3n) is 4.84. The Bertz CT molecular complexity index is 1130. The third kappa shape index (κ3) is 3.56. The number of hydrogen-bond acceptors (Lipinski definition) is 4. The minimum absolute atomic E-state index is 0.0184. The first kappa shape index (κ1) is 19.0. The molecule has 0 atom stereocenters. The number of hydrogen-bond donors (Lipinski definition) is 0. The number of ether oxygens (including phenoxy) is 1. The number of nitrogens with zero attached hydrogens (tertiary/aromatic N) is 2. The Morgan fingerprint density at radius 3 is 2.03 bits per heavy atom. The van der Waals surface area contributed by atoms with Gasteiger partial charge in [-0.3, -0.25) is 4.79 Å². The van der Waals surface area contributed by atoms with Gasteiger partial charge in [-0.25, -0.2) is 8.61 Å². The predicted octanol–water partition coefficient (Wildman–Crippen LogP) is 3.60. The summed E-state index contributed by atoms with van der Waals surface area (Å²) in [5, 5.41) is 0. The molecule has 0 bridgehead atoms. The molecule has 29 heavy (non-hydrogen) atoms. The van der Waals surface area contributed by atoms with Gasteiger partial charge in [0.15, 0.2) is 0 Å². The Hall–Kier alpha value is -3.32. The van der Waals surface area contributed by atoms with E-state index in [1.807, 2.05) is 30.3 Å². The van der Waals surface area contributed by atoms with E-state index in [4.69, 9.17) is 4.74 Å². The van der Waals surface area contributed by atoms with E-state index in [1.165, 1.54) is 4.31 Å². The molecule has 3 aromatic rings. The Kier molecular flexibility index (Phi) is 4.98. The molecule has 6 nitrogen and oxygen atoms in total. The first-order chi connectivity index (χ1) is 14.0. The number of anilines is 1. The van der Waals surface area contributed by atoms with Crippen LogP contribution in [0.25, 0.3) is 0 Å². The molecule has 0 fully saturated rings. The average molecular weight is 408 g/mol. The maximum atomic E-state index is 13.4. The summed E-state index contributed by atoms with van der Waals surface area (Å²) in [6, 6.07) is 23.1. The van der Waals surface area contributed by atoms with Crippen LogP contribution in [0.15, 0.2) is 78.9 Å². The molecule has 0 saturated carbocycles. The molecule has 0 saturated heterocycles. The number of fused-ring (bicyclic) bond motifs is 1. The summed E-state index contributed by atoms with van der Waals surface area (Å²) < 4.78 is 34.2. The average Bonchev–Trinajstić information content (AvgIpc) is 2.75. The molecule has 1 aliphatic rings. The van der Waals surface area contributed by atoms with E-state index >= 15 is 0 Å². The second kappa shape index (κ2) is 7.60. The highest BCUT2D eigenvalue weighted by Gasteiger charge is 2.41. The highest BCUT2D eigenvalue weighted by Crippen LogP contribution is 2.34. The fourth-order valence-corrected chi connectivity index (χ4v) is 4.90. The van der Waals surface area contributed by atoms with Gasteiger partial charge in [-0.05, 0) is 35.4 Å². The maximum Gasteiger partial charge on any atom is 0.329 e. The van der Waals surface area contributed by atoms with Crippen LogP contribution < -0.4 is 9.04 Å². The first-order valence-corrected chi connectivity index (χ1v) is 10.5. The minimum atomic E-state index is -4.05. The van der Waals surface area contributed by atoms with Crippen LogP contribution in [0.4, 0.5) is 5.69 Å². The van der Waals surface area contributed by atoms with Gasteiger partial charge >= 0.3 is 10.2 Å². The van der Waals surface area contributed by atoms with Crippen LogP contribution in [0.3, 0.4) is 0 Å². The Balaban J connectivity index is 1.75. The number of benzene rings is 3. The number of carbonyl (C=O) groups is 1. The molecule has 7 heteroatoms. The molecular weight excluding hydrogens is 388 g/mol. The Morgan fingerprint density at radius 2 is 1.34 bits per heavy atom. The van der Waals surface area contributed by atoms with Gasteiger partial charge in [-0.2, -0.15) is 8.42 Å². The molecule has 0 radical (unpaired) electrons. The second-order valence-electron chi connectivity index (χ2n) is 6.68. The lowest BCUT2D eigenvalue weighted by molar-refractivity contribution is 0.0851. The van der Waals surface area contributed by atoms with Crippen LogP contribution in [0.5, 0.6) is 5.75 Å². The summed E-state index contributed by atoms with van der Waals surface area (Å²) in [6.07, 6.45) is 0. The molecule has 0 spiro atoms. The summed E-state index contributed by atoms with van der Waals surface area (Å²) in [5.74, 6) is 0.173. The van der Waals surface area contributed by atoms with Crippen molar-refractivity contribution in [3.8, 4) is 5.75 Å². The summed E-state index contributed by atoms with van der Waals surface area (Å²) in [7, 11) is -2.48. The molecule has 1 heterocycles. The highest BCUT2D eigenvalue weighted by atomic mass is 32.2. The van der Waals surface area contributed by atoms with Crippen LogP contribution in [0, 0.1) is 0 Å². The maximum absolute atomic E-state index is 13.4. The Morgan fingerprint density at radius 1 is 0.759 bits per heavy atom. The van der Waals surface area contributed by atoms with Gasteiger partial charge in [0, 0.05) is 0 Å². The largest absolute Gasteiger partial charge is 0.497 e. The van der Waals surface area contributed by atoms with Gasteiger partial charge in [-0.1, -0.05) is 54.6 Å². The van der Waals surface area contributed by atoms with E-state index in [2.05, 4.69) is 0 Å². The normalized spacial score (nSPS) is 15.1. The molecule has 148 valence electrons. The molecule has 3 aromatic carbocycles. The fourth-order valence-electron chi connectivity index (χ4n) is 3.32. The molecule has 0 aromatic heterocycles. The lowest BCUT2D eigenvalue weighted by atomic mass is 10.1. The zero-order valence-corrected chi connectivity index (χ0v) is 16.7. The molecule has 0 N–H and O–H groups in total. The first-order valence-electron chi connectivity index (χ1n) is 9.11. The molecule has 1 amide bonds. The topological polar surface area (TPSA) is 66.9 Å². The second-order valence-corrected chi connectivity index (χ2v) is 8.45. The lowest BCUT2D eigenvalue weighted by Crippen LogP contribution is -2.50. The predicted molar refractivity (Wildman–Crippen MR) is 111 cm³/mol. The highest BCUT2D eigenvalue weighted by molar-refractivity contribution is 7.91. The SMILES string of the molecule is COc1ccc(CN2c3ccccc3C(=O)N(Cc3ccccc3)S2(=O)=O)cc1. The number of amides is 1. The third-order valence-corrected chi connectivity index (χ3v) is 6.58. The molecule has 4 rings (SSSR count). The van der Waals surface area contributed by atoms with E-state index in [0.717, 1.165) is 15.4 Å². The summed E-state index contributed by atoms with van der Waals surface area (Å²) in [5.41, 5.74) is 2.29. The number of methoxy groups -OCH3 is 1. The lowest BCUT2D eigenvalue weighted by Gasteiger charge is -2.37. The van der Waals surface area contributed by atoms with Gasteiger partial charge in [0.05, 0.1) is 31.5 Å². The molecular formula is C22H20N2O4S. The van der Waals surface area contributed by atoms with Gasteiger partial charge < -0.3 is 4.74 Å². The van der Waals surface area contributed by atoms with Gasteiger partial charge in [-0.15, -0.1) is 0 Å². The minimum Gasteiger partial charge on any atom is -0.497 e. The quantitative estimate of drug-likeness (QED) is 0.647. The molecule has 0 aliphatic carbocycles. The van der Waals surface area contributed by atoms with Gasteiger partial charge in [0.2, 0.25) is 0 Å². The van der Waals surface area contributed by atoms with Crippen LogP contribution >= 0.6 is 0 Å². The van der Waals surface area contributed by atoms with Crippen molar-refractivity contribution in [2.24, 2.45) is 0 Å². The van der Waals surface area contributed by atoms with Crippen molar-refractivity contribution in [1.82, 2.24) is 4.31 Å². The standard InChI is InChI=1S/C22H20N2O4S/c1-28-19-13-11-18(12-14-19)15-23-21-10-6-5-9-20(21)22(25)24(29(23,26)27)16-17-7-3-2-4-8-17/h2-14H,15-16H2,1H3. The number of rotatable bonds is 5. The summed E-state index contributed by atoms with van der Waals surface area (Å²) >= 11 is 0. The van der Waals surface area contributed by atoms with Gasteiger partial charge in [0.25, 0.3) is 5.91 Å². The summed E-state index contributed by atoms with van der Waals surface area (Å²) in [6.45, 7) is 0.0946. The van der Waals surface area contributed by atoms with Crippen LogP contribution in [0.2, 0.25) is 0 Å². The zero-order valence-electron chi connectivity index (χ0n) is 15.9. The molecule has 1 aliphatic heterocycles. The summed E-state index contributed by atoms with van der Waals surface area (Å²) in [4.78, 5) is 13.0. The van der Waals surface area contributed by atoms with E-state index in [1.54, 1.807) is 55.6 Å². The number of carbonyl (C=O) groups excluding carboxylic acids is 1. The molecule has 0 unspecified atom stereocenters. The van der Waals surface area contributed by atoms with Gasteiger partial charge in [0.1, 0.15) is 5.75 Å². The number of para-hydroxylation sites is 1. The van der Waals surface area contributed by atoms with E-state index in [-0.39, 0.29) is 13.1 Å². The van der Waals surface area contributed by atoms with E-state index in [0.29, 0.717) is 17.0 Å². The van der Waals surface area contributed by atoms with E-state index in [9.17, 15) is 13.2 Å². The zero-order chi connectivity index (χ0) is 20.4. The Labute approximate surface area is 170 Å². The van der Waals surface area contributed by atoms with Crippen LogP contribution in [-0.4, -0.2) is 25.7 Å². The smallest absolute Gasteiger partial charge is 0.329 e. The van der Waals surface area contributed by atoms with Crippen molar-refractivity contribution >= 4 is 21.8 Å². The van der Waals surface area contributed by atoms with Crippen molar-refractivity contribution in [2.45, 2.75) is 13.1 Å². The van der Waals surface area contributed by atoms with Crippen molar-refractivity contribution in [3.63, 3.8) is 0 Å². The van der Waals surface area contributed by atoms with Crippen LogP contribution in [-0.2, 0) is 23.3 Å². The van der Waals surface area contributed by atoms with Crippen molar-refractivity contribution in [2.75, 3.05) is 11.4 Å². The van der Waals surface area contributed by atoms with Crippen molar-refractivity contribution in [1.29, 1.82) is 0 Å². The fraction of sp³-hybridized carbons (Fsp3) is 0.136. The van der Waals surface area contributed by atoms with Crippen LogP contribution in [0.1, 0.15) is 21.5 Å². The monoisotopic (exact) mass is 408 g/mol. The van der Waals surface area contributed by atoms with E-state index < -0.39 is 16.1 Å².